The maximum atomic E-state index is 13.4. The van der Waals surface area contributed by atoms with Gasteiger partial charge in [-0.1, -0.05) is 73.1 Å². The third-order valence-corrected chi connectivity index (χ3v) is 5.96. The van der Waals surface area contributed by atoms with Crippen molar-refractivity contribution in [2.45, 2.75) is 64.2 Å². The summed E-state index contributed by atoms with van der Waals surface area (Å²) < 4.78 is 5.56. The number of nitrogens with zero attached hydrogens (tertiary/aromatic N) is 2. The molecule has 0 aliphatic carbocycles. The van der Waals surface area contributed by atoms with Crippen LogP contribution in [0.2, 0.25) is 0 Å². The Morgan fingerprint density at radius 1 is 1.13 bits per heavy atom. The van der Waals surface area contributed by atoms with Crippen LogP contribution in [0.15, 0.2) is 59.8 Å². The van der Waals surface area contributed by atoms with Crippen molar-refractivity contribution in [3.63, 3.8) is 0 Å². The fourth-order valence-electron chi connectivity index (χ4n) is 4.31. The normalized spacial score (nSPS) is 22.1. The van der Waals surface area contributed by atoms with Gasteiger partial charge < -0.3 is 9.57 Å². The van der Waals surface area contributed by atoms with E-state index >= 15 is 0 Å². The van der Waals surface area contributed by atoms with E-state index in [-0.39, 0.29) is 0 Å². The van der Waals surface area contributed by atoms with Crippen LogP contribution in [-0.4, -0.2) is 40.4 Å². The fraction of sp³-hybridized carbons (Fsp3) is 0.400. The van der Waals surface area contributed by atoms with Gasteiger partial charge in [-0.15, -0.1) is 0 Å². The zero-order valence-electron chi connectivity index (χ0n) is 18.2. The number of oxime groups is 1. The highest BCUT2D eigenvalue weighted by molar-refractivity contribution is 6.06. The lowest BCUT2D eigenvalue weighted by Crippen LogP contribution is -2.49. The summed E-state index contributed by atoms with van der Waals surface area (Å²) in [5.41, 5.74) is 3.18. The maximum Gasteiger partial charge on any atom is 0.417 e. The van der Waals surface area contributed by atoms with Crippen LogP contribution in [0.5, 0.6) is 0 Å². The van der Waals surface area contributed by atoms with Gasteiger partial charge in [0.2, 0.25) is 6.10 Å². The molecular weight excluding hydrogens is 392 g/mol. The molecule has 1 saturated heterocycles. The van der Waals surface area contributed by atoms with Gasteiger partial charge in [0.15, 0.2) is 0 Å². The summed E-state index contributed by atoms with van der Waals surface area (Å²) in [5, 5.41) is 4.21. The molecular formula is C25H28N2O4. The van der Waals surface area contributed by atoms with Gasteiger partial charge >= 0.3 is 6.09 Å². The lowest BCUT2D eigenvalue weighted by Gasteiger charge is -2.28. The summed E-state index contributed by atoms with van der Waals surface area (Å²) in [4.78, 5) is 32.8. The Bertz CT molecular complexity index is 1000. The Balaban J connectivity index is 1.53. The molecule has 2 aromatic rings. The Morgan fingerprint density at radius 3 is 2.58 bits per heavy atom. The van der Waals surface area contributed by atoms with E-state index in [1.54, 1.807) is 0 Å². The molecule has 0 aromatic heterocycles. The molecule has 2 aromatic carbocycles. The van der Waals surface area contributed by atoms with Crippen molar-refractivity contribution in [3.8, 4) is 0 Å². The van der Waals surface area contributed by atoms with E-state index in [0.717, 1.165) is 29.7 Å². The van der Waals surface area contributed by atoms with E-state index in [4.69, 9.17) is 9.57 Å². The van der Waals surface area contributed by atoms with Gasteiger partial charge in [0.25, 0.3) is 5.91 Å². The first-order valence-electron chi connectivity index (χ1n) is 10.8. The summed E-state index contributed by atoms with van der Waals surface area (Å²) in [7, 11) is 0. The van der Waals surface area contributed by atoms with Crippen LogP contribution in [0, 0.1) is 0 Å². The lowest BCUT2D eigenvalue weighted by molar-refractivity contribution is -0.140. The van der Waals surface area contributed by atoms with E-state index in [0.29, 0.717) is 12.8 Å². The van der Waals surface area contributed by atoms with Crippen LogP contribution in [-0.2, 0) is 27.2 Å². The van der Waals surface area contributed by atoms with Gasteiger partial charge in [-0.2, -0.15) is 0 Å². The Morgan fingerprint density at radius 2 is 1.84 bits per heavy atom. The smallest absolute Gasteiger partial charge is 0.417 e. The van der Waals surface area contributed by atoms with Crippen molar-refractivity contribution in [2.75, 3.05) is 0 Å². The fourth-order valence-corrected chi connectivity index (χ4v) is 4.31. The topological polar surface area (TPSA) is 68.2 Å². The average Bonchev–Trinajstić information content (AvgIpc) is 3.32. The van der Waals surface area contributed by atoms with Gasteiger partial charge in [-0.3, -0.25) is 4.79 Å². The SMILES string of the molecule is CCCc1ccccc1C1=NO[C@H](C(=O)N2C(=O)OC(C)(C)[C@@H]2Cc2ccccc2)C1. The predicted octanol–water partition coefficient (Wildman–Crippen LogP) is 4.50. The number of hydrogen-bond acceptors (Lipinski definition) is 5. The molecule has 2 heterocycles. The highest BCUT2D eigenvalue weighted by Crippen LogP contribution is 2.34. The zero-order valence-corrected chi connectivity index (χ0v) is 18.2. The number of cyclic esters (lactones) is 1. The van der Waals surface area contributed by atoms with Gasteiger partial charge in [0, 0.05) is 12.0 Å². The van der Waals surface area contributed by atoms with Crippen molar-refractivity contribution in [3.05, 3.63) is 71.3 Å². The highest BCUT2D eigenvalue weighted by Gasteiger charge is 2.52. The summed E-state index contributed by atoms with van der Waals surface area (Å²) in [6.45, 7) is 5.80. The molecule has 0 bridgehead atoms. The first-order chi connectivity index (χ1) is 14.9. The Hall–Kier alpha value is -3.15. The van der Waals surface area contributed by atoms with Crippen molar-refractivity contribution < 1.29 is 19.2 Å². The van der Waals surface area contributed by atoms with Crippen molar-refractivity contribution in [2.24, 2.45) is 5.16 Å². The highest BCUT2D eigenvalue weighted by atomic mass is 16.6. The van der Waals surface area contributed by atoms with Crippen LogP contribution in [0.4, 0.5) is 4.79 Å². The molecule has 0 unspecified atom stereocenters. The monoisotopic (exact) mass is 420 g/mol. The van der Waals surface area contributed by atoms with Crippen molar-refractivity contribution in [1.29, 1.82) is 0 Å². The minimum absolute atomic E-state index is 0.335. The van der Waals surface area contributed by atoms with E-state index in [1.807, 2.05) is 62.4 Å². The minimum Gasteiger partial charge on any atom is -0.441 e. The Kier molecular flexibility index (Phi) is 5.81. The molecule has 6 nitrogen and oxygen atoms in total. The number of amides is 2. The van der Waals surface area contributed by atoms with E-state index in [9.17, 15) is 9.59 Å². The molecule has 2 amide bonds. The van der Waals surface area contributed by atoms with Crippen LogP contribution in [0.3, 0.4) is 0 Å². The first-order valence-corrected chi connectivity index (χ1v) is 10.8. The summed E-state index contributed by atoms with van der Waals surface area (Å²) >= 11 is 0. The van der Waals surface area contributed by atoms with Crippen LogP contribution < -0.4 is 0 Å². The van der Waals surface area contributed by atoms with Crippen LogP contribution in [0.25, 0.3) is 0 Å². The van der Waals surface area contributed by atoms with Crippen LogP contribution >= 0.6 is 0 Å². The number of ether oxygens (including phenoxy) is 1. The second-order valence-corrected chi connectivity index (χ2v) is 8.63. The van der Waals surface area contributed by atoms with Gasteiger partial charge in [-0.25, -0.2) is 9.69 Å². The molecule has 2 aliphatic heterocycles. The van der Waals surface area contributed by atoms with E-state index in [1.165, 1.54) is 10.5 Å². The second-order valence-electron chi connectivity index (χ2n) is 8.63. The maximum absolute atomic E-state index is 13.4. The molecule has 0 saturated carbocycles. The summed E-state index contributed by atoms with van der Waals surface area (Å²) in [6, 6.07) is 17.4. The summed E-state index contributed by atoms with van der Waals surface area (Å²) in [6.07, 6.45) is 1.35. The van der Waals surface area contributed by atoms with Crippen molar-refractivity contribution >= 4 is 17.7 Å². The number of imide groups is 1. The van der Waals surface area contributed by atoms with Crippen LogP contribution in [0.1, 0.15) is 50.3 Å². The third kappa shape index (κ3) is 4.20. The van der Waals surface area contributed by atoms with Crippen molar-refractivity contribution in [1.82, 2.24) is 4.90 Å². The second kappa shape index (κ2) is 8.53. The van der Waals surface area contributed by atoms with Gasteiger partial charge in [0.1, 0.15) is 5.60 Å². The molecule has 4 rings (SSSR count). The molecule has 1 fully saturated rings. The minimum atomic E-state index is -0.829. The molecule has 2 aliphatic rings. The molecule has 6 heteroatoms. The quantitative estimate of drug-likeness (QED) is 0.690. The largest absolute Gasteiger partial charge is 0.441 e. The average molecular weight is 421 g/mol. The standard InChI is InChI=1S/C25H28N2O4/c1-4-10-18-13-8-9-14-19(18)20-16-21(31-26-20)23(28)27-22(25(2,3)30-24(27)29)15-17-11-6-5-7-12-17/h5-9,11-14,21-22H,4,10,15-16H2,1-3H3/t21-,22-/m0/s1. The molecule has 31 heavy (non-hydrogen) atoms. The van der Waals surface area contributed by atoms with E-state index < -0.39 is 29.7 Å². The first kappa shape index (κ1) is 21.1. The molecule has 0 N–H and O–H groups in total. The molecule has 0 radical (unpaired) electrons. The molecule has 2 atom stereocenters. The number of aryl methyl sites for hydroxylation is 1. The number of benzene rings is 2. The lowest BCUT2D eigenvalue weighted by atomic mass is 9.91. The number of rotatable bonds is 6. The number of hydrogen-bond donors (Lipinski definition) is 0. The van der Waals surface area contributed by atoms with Gasteiger partial charge in [-0.05, 0) is 37.8 Å². The Labute approximate surface area is 182 Å². The number of carbonyl (C=O) groups is 2. The predicted molar refractivity (Wildman–Crippen MR) is 118 cm³/mol. The van der Waals surface area contributed by atoms with E-state index in [2.05, 4.69) is 18.1 Å². The summed E-state index contributed by atoms with van der Waals surface area (Å²) in [5.74, 6) is -0.400. The molecule has 162 valence electrons. The number of carbonyl (C=O) groups excluding carboxylic acids is 2. The van der Waals surface area contributed by atoms with Gasteiger partial charge in [0.05, 0.1) is 11.8 Å². The third-order valence-electron chi connectivity index (χ3n) is 5.96. The zero-order chi connectivity index (χ0) is 22.0. The molecule has 0 spiro atoms.